The van der Waals surface area contributed by atoms with E-state index in [9.17, 15) is 0 Å². The van der Waals surface area contributed by atoms with Gasteiger partial charge in [0.2, 0.25) is 0 Å². The van der Waals surface area contributed by atoms with Gasteiger partial charge < -0.3 is 32.0 Å². The maximum absolute atomic E-state index is 7.56. The van der Waals surface area contributed by atoms with Gasteiger partial charge in [-0.15, -0.1) is 0 Å². The van der Waals surface area contributed by atoms with Crippen LogP contribution < -0.4 is 16.8 Å². The number of aliphatic hydroxyl groups is 2. The van der Waals surface area contributed by atoms with Gasteiger partial charge in [0, 0.05) is 11.7 Å². The van der Waals surface area contributed by atoms with Gasteiger partial charge in [0.1, 0.15) is 0 Å². The molecule has 150 valence electrons. The van der Waals surface area contributed by atoms with E-state index in [-0.39, 0.29) is 7.43 Å². The van der Waals surface area contributed by atoms with Crippen LogP contribution in [0.1, 0.15) is 7.43 Å². The molecule has 0 bridgehead atoms. The topological polar surface area (TPSA) is 120 Å². The molecule has 0 amide bonds. The average Bonchev–Trinajstić information content (AvgIpc) is 3.05. The summed E-state index contributed by atoms with van der Waals surface area (Å²) in [5, 5.41) is 18.2. The lowest BCUT2D eigenvalue weighted by Crippen LogP contribution is -2.03. The highest BCUT2D eigenvalue weighted by Crippen LogP contribution is 2.09. The van der Waals surface area contributed by atoms with Gasteiger partial charge in [-0.25, -0.2) is 0 Å². The van der Waals surface area contributed by atoms with Crippen LogP contribution in [0.3, 0.4) is 0 Å². The second-order valence-corrected chi connectivity index (χ2v) is 5.23. The number of nitrogens with one attached hydrogen (secondary N) is 2. The third-order valence-corrected chi connectivity index (χ3v) is 2.13. The number of fused-ring (bicyclic) bond motifs is 1. The number of rotatable bonds is 0. The highest BCUT2D eigenvalue weighted by atomic mass is 32.1. The molecule has 0 aliphatic carbocycles. The first-order valence-electron chi connectivity index (χ1n) is 7.42. The first kappa shape index (κ1) is 29.1. The van der Waals surface area contributed by atoms with Crippen LogP contribution in [0.2, 0.25) is 0 Å². The monoisotopic (exact) mass is 410 g/mol. The highest BCUT2D eigenvalue weighted by Gasteiger charge is 1.86. The van der Waals surface area contributed by atoms with Crippen molar-refractivity contribution in [1.29, 1.82) is 0 Å². The van der Waals surface area contributed by atoms with Crippen molar-refractivity contribution in [3.05, 3.63) is 72.9 Å². The normalized spacial score (nSPS) is 7.63. The Morgan fingerprint density at radius 1 is 0.815 bits per heavy atom. The first-order valence-corrected chi connectivity index (χ1v) is 8.24. The van der Waals surface area contributed by atoms with Gasteiger partial charge in [-0.2, -0.15) is 0 Å². The Kier molecular flexibility index (Phi) is 23.0. The van der Waals surface area contributed by atoms with Gasteiger partial charge in [-0.05, 0) is 56.1 Å². The molecule has 0 aliphatic rings. The Morgan fingerprint density at radius 2 is 1.15 bits per heavy atom. The summed E-state index contributed by atoms with van der Waals surface area (Å²) in [4.78, 5) is 3.12. The van der Waals surface area contributed by atoms with E-state index in [0.29, 0.717) is 0 Å². The SMILES string of the molecule is C.CNC.NC(O)=S.NC(O)=S.c1ccc2[nH]ccc2c1.c1ccccc1. The van der Waals surface area contributed by atoms with Crippen LogP contribution in [0.15, 0.2) is 72.9 Å². The largest absolute Gasteiger partial charge is 0.487 e. The lowest BCUT2D eigenvalue weighted by Gasteiger charge is -1.83. The van der Waals surface area contributed by atoms with Gasteiger partial charge >= 0.3 is 0 Å². The maximum atomic E-state index is 7.56. The van der Waals surface area contributed by atoms with E-state index in [1.807, 2.05) is 68.8 Å². The number of hydrogen-bond donors (Lipinski definition) is 6. The van der Waals surface area contributed by atoms with E-state index in [0.717, 1.165) is 0 Å². The maximum Gasteiger partial charge on any atom is 0.251 e. The molecule has 0 aliphatic heterocycles. The number of aromatic amines is 1. The molecule has 8 N–H and O–H groups in total. The van der Waals surface area contributed by atoms with E-state index in [1.54, 1.807) is 0 Å². The molecule has 8 heteroatoms. The third-order valence-electron chi connectivity index (χ3n) is 2.13. The van der Waals surface area contributed by atoms with E-state index in [1.165, 1.54) is 10.9 Å². The summed E-state index contributed by atoms with van der Waals surface area (Å²) < 4.78 is 0. The summed E-state index contributed by atoms with van der Waals surface area (Å²) in [7, 11) is 3.75. The molecule has 3 rings (SSSR count). The van der Waals surface area contributed by atoms with Crippen molar-refractivity contribution in [3.8, 4) is 0 Å². The molecular weight excluding hydrogens is 380 g/mol. The third kappa shape index (κ3) is 25.7. The second-order valence-electron chi connectivity index (χ2n) is 4.40. The number of para-hydroxylation sites is 1. The van der Waals surface area contributed by atoms with Crippen LogP contribution >= 0.6 is 24.4 Å². The molecule has 0 spiro atoms. The zero-order valence-corrected chi connectivity index (χ0v) is 16.4. The lowest BCUT2D eigenvalue weighted by atomic mass is 10.3. The molecule has 0 fully saturated rings. The van der Waals surface area contributed by atoms with Crippen LogP contribution in [-0.2, 0) is 0 Å². The Bertz CT molecular complexity index is 630. The van der Waals surface area contributed by atoms with Crippen molar-refractivity contribution < 1.29 is 10.2 Å². The van der Waals surface area contributed by atoms with Gasteiger partial charge in [0.25, 0.3) is 10.3 Å². The number of aromatic nitrogens is 1. The number of benzene rings is 2. The fraction of sp³-hybridized carbons (Fsp3) is 0.158. The van der Waals surface area contributed by atoms with Crippen molar-refractivity contribution in [1.82, 2.24) is 10.3 Å². The molecule has 0 saturated heterocycles. The second kappa shape index (κ2) is 21.4. The van der Waals surface area contributed by atoms with Gasteiger partial charge in [-0.1, -0.05) is 62.0 Å². The van der Waals surface area contributed by atoms with E-state index in [4.69, 9.17) is 10.2 Å². The minimum Gasteiger partial charge on any atom is -0.487 e. The summed E-state index contributed by atoms with van der Waals surface area (Å²) in [6, 6.07) is 22.3. The van der Waals surface area contributed by atoms with Gasteiger partial charge in [0.15, 0.2) is 0 Å². The predicted octanol–water partition coefficient (Wildman–Crippen LogP) is 3.90. The number of H-pyrrole nitrogens is 1. The zero-order valence-electron chi connectivity index (χ0n) is 14.8. The fourth-order valence-electron chi connectivity index (χ4n) is 1.38. The summed E-state index contributed by atoms with van der Waals surface area (Å²) in [6.45, 7) is 0. The first-order chi connectivity index (χ1) is 12.3. The minimum atomic E-state index is -0.500. The Labute approximate surface area is 172 Å². The summed E-state index contributed by atoms with van der Waals surface area (Å²) in [5.74, 6) is 0. The van der Waals surface area contributed by atoms with Crippen molar-refractivity contribution in [3.63, 3.8) is 0 Å². The quantitative estimate of drug-likeness (QED) is 0.311. The van der Waals surface area contributed by atoms with Crippen LogP contribution in [0.25, 0.3) is 10.9 Å². The Morgan fingerprint density at radius 3 is 1.48 bits per heavy atom. The molecule has 0 unspecified atom stereocenters. The van der Waals surface area contributed by atoms with Crippen molar-refractivity contribution >= 4 is 45.7 Å². The number of hydrogen-bond acceptors (Lipinski definition) is 3. The number of nitrogens with two attached hydrogens (primary N) is 2. The van der Waals surface area contributed by atoms with E-state index in [2.05, 4.69) is 64.4 Å². The molecule has 27 heavy (non-hydrogen) atoms. The van der Waals surface area contributed by atoms with Crippen molar-refractivity contribution in [2.24, 2.45) is 11.5 Å². The van der Waals surface area contributed by atoms with Gasteiger partial charge in [-0.3, -0.25) is 0 Å². The molecule has 3 aromatic rings. The molecule has 6 nitrogen and oxygen atoms in total. The predicted molar refractivity (Wildman–Crippen MR) is 125 cm³/mol. The minimum absolute atomic E-state index is 0. The van der Waals surface area contributed by atoms with Crippen LogP contribution in [0.5, 0.6) is 0 Å². The van der Waals surface area contributed by atoms with Crippen LogP contribution in [0, 0.1) is 0 Å². The molecule has 1 aromatic heterocycles. The fourth-order valence-corrected chi connectivity index (χ4v) is 1.38. The Balaban J connectivity index is -0.000000285. The Hall–Kier alpha value is -2.68. The average molecular weight is 411 g/mol. The van der Waals surface area contributed by atoms with Crippen molar-refractivity contribution in [2.45, 2.75) is 7.43 Å². The van der Waals surface area contributed by atoms with E-state index >= 15 is 0 Å². The standard InChI is InChI=1S/C8H7N.C6H6.C2H7N.2CH3NOS.CH4/c1-2-4-8-7(3-1)5-6-9-8;1-2-4-6-5-3-1;1-3-2;2*2-1(3)4;/h1-6,9H;1-6H;3H,1-2H3;2*(H3,2,3,4);1H4. The lowest BCUT2D eigenvalue weighted by molar-refractivity contribution is 0.559. The molecule has 0 radical (unpaired) electrons. The van der Waals surface area contributed by atoms with Gasteiger partial charge in [0.05, 0.1) is 0 Å². The molecule has 0 saturated carbocycles. The molecular formula is C19H30N4O2S2. The summed E-state index contributed by atoms with van der Waals surface area (Å²) in [6.07, 6.45) is 1.95. The van der Waals surface area contributed by atoms with Crippen LogP contribution in [0.4, 0.5) is 0 Å². The summed E-state index contributed by atoms with van der Waals surface area (Å²) in [5.41, 5.74) is 10.0. The molecule has 0 atom stereocenters. The summed E-state index contributed by atoms with van der Waals surface area (Å²) >= 11 is 7.74. The molecule has 2 aromatic carbocycles. The smallest absolute Gasteiger partial charge is 0.251 e. The molecule has 1 heterocycles. The van der Waals surface area contributed by atoms with Crippen molar-refractivity contribution in [2.75, 3.05) is 14.1 Å². The van der Waals surface area contributed by atoms with E-state index < -0.39 is 10.3 Å². The van der Waals surface area contributed by atoms with Crippen LogP contribution in [-0.4, -0.2) is 39.6 Å². The highest BCUT2D eigenvalue weighted by molar-refractivity contribution is 7.80. The number of thiocarbonyl (C=S) groups is 2. The number of aliphatic hydroxyl groups excluding tert-OH is 2. The zero-order chi connectivity index (χ0) is 20.2.